The minimum Gasteiger partial charge on any atom is -0.335 e. The van der Waals surface area contributed by atoms with Gasteiger partial charge >= 0.3 is 0 Å². The Morgan fingerprint density at radius 3 is 2.57 bits per heavy atom. The van der Waals surface area contributed by atoms with Crippen molar-refractivity contribution in [1.82, 2.24) is 9.88 Å². The highest BCUT2D eigenvalue weighted by molar-refractivity contribution is 6.07. The second-order valence-electron chi connectivity index (χ2n) is 7.59. The molecule has 3 aromatic rings. The fraction of sp³-hybridized carbons (Fsp3) is 0.240. The van der Waals surface area contributed by atoms with Crippen LogP contribution in [0.15, 0.2) is 72.9 Å². The summed E-state index contributed by atoms with van der Waals surface area (Å²) in [4.78, 5) is 34.2. The van der Waals surface area contributed by atoms with E-state index in [9.17, 15) is 9.59 Å². The molecule has 0 radical (unpaired) electrons. The highest BCUT2D eigenvalue weighted by Gasteiger charge is 2.32. The summed E-state index contributed by atoms with van der Waals surface area (Å²) in [5, 5.41) is 0. The summed E-state index contributed by atoms with van der Waals surface area (Å²) >= 11 is 0. The van der Waals surface area contributed by atoms with Crippen molar-refractivity contribution in [2.75, 3.05) is 11.4 Å². The molecule has 0 aliphatic carbocycles. The fourth-order valence-corrected chi connectivity index (χ4v) is 3.99. The van der Waals surface area contributed by atoms with Crippen LogP contribution in [0.1, 0.15) is 45.8 Å². The zero-order valence-electron chi connectivity index (χ0n) is 17.3. The Balaban J connectivity index is 1.58. The van der Waals surface area contributed by atoms with Crippen LogP contribution in [0, 0.1) is 0 Å². The van der Waals surface area contributed by atoms with Crippen LogP contribution in [0.5, 0.6) is 0 Å². The van der Waals surface area contributed by atoms with Crippen LogP contribution in [-0.2, 0) is 13.0 Å². The molecule has 5 nitrogen and oxygen atoms in total. The third-order valence-electron chi connectivity index (χ3n) is 5.54. The van der Waals surface area contributed by atoms with Crippen molar-refractivity contribution in [3.63, 3.8) is 0 Å². The lowest BCUT2D eigenvalue weighted by atomic mass is 10.1. The Kier molecular flexibility index (Phi) is 5.61. The van der Waals surface area contributed by atoms with Gasteiger partial charge in [0.05, 0.1) is 0 Å². The van der Waals surface area contributed by atoms with Crippen molar-refractivity contribution in [3.05, 3.63) is 95.3 Å². The molecule has 0 bridgehead atoms. The minimum atomic E-state index is -0.173. The number of carbonyl (C=O) groups is 2. The van der Waals surface area contributed by atoms with Gasteiger partial charge in [-0.25, -0.2) is 0 Å². The second-order valence-corrected chi connectivity index (χ2v) is 7.59. The van der Waals surface area contributed by atoms with Gasteiger partial charge in [-0.15, -0.1) is 0 Å². The Bertz CT molecular complexity index is 1060. The Morgan fingerprint density at radius 2 is 1.80 bits per heavy atom. The third kappa shape index (κ3) is 3.83. The van der Waals surface area contributed by atoms with Crippen LogP contribution in [-0.4, -0.2) is 34.3 Å². The van der Waals surface area contributed by atoms with Gasteiger partial charge in [-0.05, 0) is 49.6 Å². The average Bonchev–Trinajstić information content (AvgIpc) is 3.13. The average molecular weight is 399 g/mol. The number of nitrogens with zero attached hydrogens (tertiary/aromatic N) is 3. The van der Waals surface area contributed by atoms with Crippen LogP contribution in [0.4, 0.5) is 5.69 Å². The monoisotopic (exact) mass is 399 g/mol. The molecule has 30 heavy (non-hydrogen) atoms. The maximum absolute atomic E-state index is 13.3. The molecule has 0 N–H and O–H groups in total. The molecule has 4 rings (SSSR count). The SMILES string of the molecule is CCN(Cc1ccccc1)C(=O)c1ccnc(C(=O)N2c3ccccc3CC2C)c1. The fourth-order valence-electron chi connectivity index (χ4n) is 3.99. The van der Waals surface area contributed by atoms with Gasteiger partial charge in [0.2, 0.25) is 0 Å². The third-order valence-corrected chi connectivity index (χ3v) is 5.54. The standard InChI is InChI=1S/C25H25N3O2/c1-3-27(17-19-9-5-4-6-10-19)24(29)21-13-14-26-22(16-21)25(30)28-18(2)15-20-11-7-8-12-23(20)28/h4-14,16,18H,3,15,17H2,1-2H3. The molecule has 2 heterocycles. The molecule has 1 atom stereocenters. The van der Waals surface area contributed by atoms with E-state index in [0.717, 1.165) is 23.2 Å². The van der Waals surface area contributed by atoms with Gasteiger partial charge in [-0.3, -0.25) is 14.6 Å². The molecule has 1 unspecified atom stereocenters. The molecule has 0 fully saturated rings. The predicted octanol–water partition coefficient (Wildman–Crippen LogP) is 4.34. The van der Waals surface area contributed by atoms with E-state index in [-0.39, 0.29) is 17.9 Å². The summed E-state index contributed by atoms with van der Waals surface area (Å²) in [5.41, 5.74) is 3.92. The number of hydrogen-bond acceptors (Lipinski definition) is 3. The lowest BCUT2D eigenvalue weighted by Crippen LogP contribution is -2.36. The van der Waals surface area contributed by atoms with Crippen LogP contribution in [0.25, 0.3) is 0 Å². The van der Waals surface area contributed by atoms with Crippen molar-refractivity contribution in [1.29, 1.82) is 0 Å². The van der Waals surface area contributed by atoms with Crippen molar-refractivity contribution in [2.24, 2.45) is 0 Å². The lowest BCUT2D eigenvalue weighted by molar-refractivity contribution is 0.0752. The number of aromatic nitrogens is 1. The first-order chi connectivity index (χ1) is 14.6. The number of rotatable bonds is 5. The summed E-state index contributed by atoms with van der Waals surface area (Å²) in [6, 6.07) is 21.2. The molecular formula is C25H25N3O2. The van der Waals surface area contributed by atoms with Gasteiger partial charge in [0.15, 0.2) is 0 Å². The topological polar surface area (TPSA) is 53.5 Å². The maximum Gasteiger partial charge on any atom is 0.277 e. The van der Waals surface area contributed by atoms with Crippen LogP contribution in [0.3, 0.4) is 0 Å². The first kappa shape index (κ1) is 19.8. The van der Waals surface area contributed by atoms with Gasteiger partial charge in [0.25, 0.3) is 11.8 Å². The Hall–Kier alpha value is -3.47. The number of para-hydroxylation sites is 1. The normalized spacial score (nSPS) is 15.0. The number of pyridine rings is 1. The van der Waals surface area contributed by atoms with E-state index >= 15 is 0 Å². The molecule has 1 aliphatic heterocycles. The first-order valence-corrected chi connectivity index (χ1v) is 10.3. The highest BCUT2D eigenvalue weighted by Crippen LogP contribution is 2.32. The number of hydrogen-bond donors (Lipinski definition) is 0. The molecule has 0 spiro atoms. The Morgan fingerprint density at radius 1 is 1.07 bits per heavy atom. The van der Waals surface area contributed by atoms with Crippen molar-refractivity contribution in [2.45, 2.75) is 32.9 Å². The van der Waals surface area contributed by atoms with E-state index in [2.05, 4.69) is 11.1 Å². The summed E-state index contributed by atoms with van der Waals surface area (Å²) < 4.78 is 0. The summed E-state index contributed by atoms with van der Waals surface area (Å²) in [6.07, 6.45) is 2.37. The van der Waals surface area contributed by atoms with Crippen molar-refractivity contribution >= 4 is 17.5 Å². The number of anilines is 1. The largest absolute Gasteiger partial charge is 0.335 e. The van der Waals surface area contributed by atoms with E-state index in [1.807, 2.05) is 62.4 Å². The number of carbonyl (C=O) groups excluding carboxylic acids is 2. The Labute approximate surface area is 177 Å². The molecule has 1 aliphatic rings. The van der Waals surface area contributed by atoms with Crippen LogP contribution >= 0.6 is 0 Å². The van der Waals surface area contributed by atoms with Crippen molar-refractivity contribution in [3.8, 4) is 0 Å². The van der Waals surface area contributed by atoms with Crippen molar-refractivity contribution < 1.29 is 9.59 Å². The molecule has 5 heteroatoms. The molecule has 1 aromatic heterocycles. The second kappa shape index (κ2) is 8.49. The molecule has 152 valence electrons. The van der Waals surface area contributed by atoms with E-state index in [0.29, 0.717) is 24.3 Å². The van der Waals surface area contributed by atoms with Gasteiger partial charge < -0.3 is 9.80 Å². The minimum absolute atomic E-state index is 0.0567. The molecule has 2 amide bonds. The van der Waals surface area contributed by atoms with E-state index < -0.39 is 0 Å². The zero-order valence-corrected chi connectivity index (χ0v) is 17.3. The molecular weight excluding hydrogens is 374 g/mol. The van der Waals surface area contributed by atoms with E-state index in [4.69, 9.17) is 0 Å². The number of fused-ring (bicyclic) bond motifs is 1. The summed E-state index contributed by atoms with van der Waals surface area (Å²) in [6.45, 7) is 5.09. The number of amides is 2. The van der Waals surface area contributed by atoms with E-state index in [1.54, 1.807) is 28.1 Å². The maximum atomic E-state index is 13.3. The quantitative estimate of drug-likeness (QED) is 0.641. The lowest BCUT2D eigenvalue weighted by Gasteiger charge is -2.23. The van der Waals surface area contributed by atoms with Gasteiger partial charge in [0, 0.05) is 36.6 Å². The summed E-state index contributed by atoms with van der Waals surface area (Å²) in [7, 11) is 0. The van der Waals surface area contributed by atoms with Gasteiger partial charge in [0.1, 0.15) is 5.69 Å². The van der Waals surface area contributed by atoms with Gasteiger partial charge in [-0.2, -0.15) is 0 Å². The zero-order chi connectivity index (χ0) is 21.1. The van der Waals surface area contributed by atoms with Crippen LogP contribution < -0.4 is 4.90 Å². The molecule has 2 aromatic carbocycles. The predicted molar refractivity (Wildman–Crippen MR) is 118 cm³/mol. The molecule has 0 saturated heterocycles. The number of benzene rings is 2. The molecule has 0 saturated carbocycles. The van der Waals surface area contributed by atoms with Crippen LogP contribution in [0.2, 0.25) is 0 Å². The van der Waals surface area contributed by atoms with Gasteiger partial charge in [-0.1, -0.05) is 48.5 Å². The smallest absolute Gasteiger partial charge is 0.277 e. The summed E-state index contributed by atoms with van der Waals surface area (Å²) in [5.74, 6) is -0.277. The van der Waals surface area contributed by atoms with E-state index in [1.165, 1.54) is 0 Å². The first-order valence-electron chi connectivity index (χ1n) is 10.3. The highest BCUT2D eigenvalue weighted by atomic mass is 16.2.